The Bertz CT molecular complexity index is 425. The van der Waals surface area contributed by atoms with Gasteiger partial charge in [0.2, 0.25) is 0 Å². The van der Waals surface area contributed by atoms with Crippen LogP contribution in [0, 0.1) is 5.41 Å². The van der Waals surface area contributed by atoms with Gasteiger partial charge in [-0.3, -0.25) is 4.79 Å². The predicted octanol–water partition coefficient (Wildman–Crippen LogP) is 9.79. The van der Waals surface area contributed by atoms with Crippen molar-refractivity contribution in [3.05, 3.63) is 0 Å². The first-order valence-corrected chi connectivity index (χ1v) is 14.7. The van der Waals surface area contributed by atoms with Crippen molar-refractivity contribution in [2.75, 3.05) is 6.54 Å². The van der Waals surface area contributed by atoms with E-state index < -0.39 is 0 Å². The second-order valence-electron chi connectivity index (χ2n) is 11.1. The first-order chi connectivity index (χ1) is 15.4. The Morgan fingerprint density at radius 2 is 1.03 bits per heavy atom. The zero-order valence-electron chi connectivity index (χ0n) is 23.3. The number of nitrogens with one attached hydrogen (secondary N) is 1. The van der Waals surface area contributed by atoms with E-state index in [0.29, 0.717) is 11.3 Å². The first-order valence-electron chi connectivity index (χ1n) is 14.7. The monoisotopic (exact) mass is 451 g/mol. The van der Waals surface area contributed by atoms with E-state index in [2.05, 4.69) is 46.9 Å². The molecule has 0 aliphatic heterocycles. The minimum Gasteiger partial charge on any atom is -0.312 e. The van der Waals surface area contributed by atoms with Gasteiger partial charge >= 0.3 is 0 Å². The van der Waals surface area contributed by atoms with Gasteiger partial charge in [-0.05, 0) is 52.0 Å². The molecule has 0 aromatic rings. The molecular formula is C30H61NO. The number of hydrogen-bond donors (Lipinski definition) is 1. The van der Waals surface area contributed by atoms with Crippen LogP contribution in [0.4, 0.5) is 0 Å². The molecule has 0 aromatic carbocycles. The molecule has 0 aromatic heterocycles. The van der Waals surface area contributed by atoms with Crippen molar-refractivity contribution < 1.29 is 4.79 Å². The number of hydrogen-bond acceptors (Lipinski definition) is 2. The van der Waals surface area contributed by atoms with E-state index in [1.165, 1.54) is 103 Å². The lowest BCUT2D eigenvalue weighted by atomic mass is 9.75. The average molecular weight is 452 g/mol. The maximum atomic E-state index is 13.0. The highest BCUT2D eigenvalue weighted by Gasteiger charge is 2.30. The largest absolute Gasteiger partial charge is 0.312 e. The van der Waals surface area contributed by atoms with E-state index >= 15 is 0 Å². The van der Waals surface area contributed by atoms with Gasteiger partial charge in [-0.25, -0.2) is 0 Å². The summed E-state index contributed by atoms with van der Waals surface area (Å²) in [6.45, 7) is 14.9. The molecule has 0 bridgehead atoms. The highest BCUT2D eigenvalue weighted by atomic mass is 16.1. The Kier molecular flexibility index (Phi) is 19.8. The van der Waals surface area contributed by atoms with Gasteiger partial charge in [-0.1, -0.05) is 118 Å². The molecule has 0 spiro atoms. The molecule has 2 nitrogen and oxygen atoms in total. The maximum Gasteiger partial charge on any atom is 0.138 e. The Hall–Kier alpha value is -0.370. The minimum absolute atomic E-state index is 0.0695. The van der Waals surface area contributed by atoms with E-state index in [9.17, 15) is 4.79 Å². The zero-order valence-corrected chi connectivity index (χ0v) is 23.3. The molecule has 0 aliphatic rings. The molecule has 0 saturated heterocycles. The van der Waals surface area contributed by atoms with Gasteiger partial charge in [-0.2, -0.15) is 0 Å². The summed E-state index contributed by atoms with van der Waals surface area (Å²) in [6.07, 6.45) is 24.6. The van der Waals surface area contributed by atoms with Crippen molar-refractivity contribution >= 4 is 5.78 Å². The van der Waals surface area contributed by atoms with Crippen LogP contribution in [-0.4, -0.2) is 17.9 Å². The van der Waals surface area contributed by atoms with E-state index in [0.717, 1.165) is 32.2 Å². The quantitative estimate of drug-likeness (QED) is 0.148. The van der Waals surface area contributed by atoms with Crippen molar-refractivity contribution in [2.45, 2.75) is 175 Å². The second-order valence-corrected chi connectivity index (χ2v) is 11.1. The van der Waals surface area contributed by atoms with Crippen LogP contribution in [0.5, 0.6) is 0 Å². The summed E-state index contributed by atoms with van der Waals surface area (Å²) in [4.78, 5) is 13.0. The normalized spacial score (nSPS) is 13.9. The second kappa shape index (κ2) is 20.0. The summed E-state index contributed by atoms with van der Waals surface area (Å²) in [5.41, 5.74) is 0.232. The number of unbranched alkanes of at least 4 members (excludes halogenated alkanes) is 10. The molecule has 0 radical (unpaired) electrons. The summed E-state index contributed by atoms with van der Waals surface area (Å²) in [6, 6.07) is 0. The van der Waals surface area contributed by atoms with Crippen molar-refractivity contribution in [1.29, 1.82) is 0 Å². The SMILES string of the molecule is CCCCCCCC(C)(CCCCC)NCCCCCC(=O)C(C)(CCCC)CCCC. The minimum atomic E-state index is -0.0695. The number of ketones is 1. The molecule has 32 heavy (non-hydrogen) atoms. The number of carbonyl (C=O) groups is 1. The third kappa shape index (κ3) is 15.5. The van der Waals surface area contributed by atoms with Crippen LogP contribution < -0.4 is 5.32 Å². The molecule has 1 atom stereocenters. The fourth-order valence-electron chi connectivity index (χ4n) is 5.00. The zero-order chi connectivity index (χ0) is 24.1. The van der Waals surface area contributed by atoms with Gasteiger partial charge in [0.15, 0.2) is 0 Å². The van der Waals surface area contributed by atoms with Crippen LogP contribution in [-0.2, 0) is 4.79 Å². The van der Waals surface area contributed by atoms with Crippen molar-refractivity contribution in [2.24, 2.45) is 5.41 Å². The lowest BCUT2D eigenvalue weighted by Crippen LogP contribution is -2.42. The molecule has 192 valence electrons. The van der Waals surface area contributed by atoms with Gasteiger partial charge in [0.1, 0.15) is 5.78 Å². The van der Waals surface area contributed by atoms with Gasteiger partial charge in [0.25, 0.3) is 0 Å². The summed E-state index contributed by atoms with van der Waals surface area (Å²) in [5, 5.41) is 3.94. The molecule has 0 amide bonds. The first kappa shape index (κ1) is 31.6. The smallest absolute Gasteiger partial charge is 0.138 e. The average Bonchev–Trinajstić information content (AvgIpc) is 2.78. The summed E-state index contributed by atoms with van der Waals surface area (Å²) in [7, 11) is 0. The van der Waals surface area contributed by atoms with E-state index in [1.54, 1.807) is 0 Å². The van der Waals surface area contributed by atoms with E-state index in [1.807, 2.05) is 0 Å². The van der Waals surface area contributed by atoms with E-state index in [-0.39, 0.29) is 5.41 Å². The fraction of sp³-hybridized carbons (Fsp3) is 0.967. The van der Waals surface area contributed by atoms with Crippen molar-refractivity contribution in [3.8, 4) is 0 Å². The lowest BCUT2D eigenvalue weighted by Gasteiger charge is -2.32. The molecule has 1 N–H and O–H groups in total. The highest BCUT2D eigenvalue weighted by Crippen LogP contribution is 2.33. The molecular weight excluding hydrogens is 390 g/mol. The van der Waals surface area contributed by atoms with E-state index in [4.69, 9.17) is 0 Å². The molecule has 0 aliphatic carbocycles. The summed E-state index contributed by atoms with van der Waals surface area (Å²) < 4.78 is 0. The topological polar surface area (TPSA) is 29.1 Å². The summed E-state index contributed by atoms with van der Waals surface area (Å²) >= 11 is 0. The number of Topliss-reactive ketones (excluding diaryl/α,β-unsaturated/α-hetero) is 1. The van der Waals surface area contributed by atoms with Crippen LogP contribution in [0.2, 0.25) is 0 Å². The Morgan fingerprint density at radius 1 is 0.562 bits per heavy atom. The maximum absolute atomic E-state index is 13.0. The Balaban J connectivity index is 4.33. The third-order valence-corrected chi connectivity index (χ3v) is 7.63. The van der Waals surface area contributed by atoms with Crippen molar-refractivity contribution in [3.63, 3.8) is 0 Å². The van der Waals surface area contributed by atoms with Gasteiger partial charge < -0.3 is 5.32 Å². The van der Waals surface area contributed by atoms with Gasteiger partial charge in [0, 0.05) is 17.4 Å². The fourth-order valence-corrected chi connectivity index (χ4v) is 5.00. The predicted molar refractivity (Wildman–Crippen MR) is 145 cm³/mol. The Morgan fingerprint density at radius 3 is 1.59 bits per heavy atom. The summed E-state index contributed by atoms with van der Waals surface area (Å²) in [5.74, 6) is 0.531. The van der Waals surface area contributed by atoms with Crippen LogP contribution in [0.1, 0.15) is 170 Å². The van der Waals surface area contributed by atoms with Crippen LogP contribution >= 0.6 is 0 Å². The van der Waals surface area contributed by atoms with Crippen molar-refractivity contribution in [1.82, 2.24) is 5.32 Å². The third-order valence-electron chi connectivity index (χ3n) is 7.63. The molecule has 0 fully saturated rings. The molecule has 0 rings (SSSR count). The number of carbonyl (C=O) groups excluding carboxylic acids is 1. The molecule has 0 heterocycles. The molecule has 2 heteroatoms. The molecule has 1 unspecified atom stereocenters. The molecule has 0 saturated carbocycles. The number of rotatable bonds is 24. The standard InChI is InChI=1S/C30H61NO/c1-7-11-15-16-20-26-30(6,25-19-12-8-2)31-27-21-17-18-22-28(32)29(5,23-13-9-3)24-14-10-4/h31H,7-27H2,1-6H3. The Labute approximate surface area is 203 Å². The lowest BCUT2D eigenvalue weighted by molar-refractivity contribution is -0.129. The highest BCUT2D eigenvalue weighted by molar-refractivity contribution is 5.84. The van der Waals surface area contributed by atoms with Gasteiger partial charge in [-0.15, -0.1) is 0 Å². The van der Waals surface area contributed by atoms with Crippen LogP contribution in [0.25, 0.3) is 0 Å². The van der Waals surface area contributed by atoms with Gasteiger partial charge in [0.05, 0.1) is 0 Å². The van der Waals surface area contributed by atoms with Crippen LogP contribution in [0.3, 0.4) is 0 Å². The van der Waals surface area contributed by atoms with Crippen LogP contribution in [0.15, 0.2) is 0 Å².